The van der Waals surface area contributed by atoms with Gasteiger partial charge in [0.15, 0.2) is 0 Å². The van der Waals surface area contributed by atoms with Gasteiger partial charge in [-0.2, -0.15) is 0 Å². The third-order valence-corrected chi connectivity index (χ3v) is 3.58. The smallest absolute Gasteiger partial charge is 0.0951 e. The Balaban J connectivity index is 1.62. The fourth-order valence-electron chi connectivity index (χ4n) is 2.27. The van der Waals surface area contributed by atoms with Gasteiger partial charge in [-0.3, -0.25) is 0 Å². The fourth-order valence-corrected chi connectivity index (χ4v) is 2.27. The van der Waals surface area contributed by atoms with Crippen LogP contribution in [0.4, 0.5) is 0 Å². The van der Waals surface area contributed by atoms with Gasteiger partial charge in [-0.05, 0) is 25.3 Å². The van der Waals surface area contributed by atoms with Gasteiger partial charge in [0, 0.05) is 24.8 Å². The van der Waals surface area contributed by atoms with Gasteiger partial charge in [-0.1, -0.05) is 30.3 Å². The molecule has 0 aliphatic heterocycles. The van der Waals surface area contributed by atoms with Crippen molar-refractivity contribution in [1.82, 2.24) is 14.9 Å². The van der Waals surface area contributed by atoms with Crippen molar-refractivity contribution >= 4 is 0 Å². The van der Waals surface area contributed by atoms with Crippen molar-refractivity contribution in [2.45, 2.75) is 38.4 Å². The van der Waals surface area contributed by atoms with Crippen LogP contribution in [0.1, 0.15) is 43.1 Å². The van der Waals surface area contributed by atoms with Gasteiger partial charge in [0.1, 0.15) is 0 Å². The number of hydrogen-bond donors (Lipinski definition) is 1. The normalized spacial score (nSPS) is 16.7. The van der Waals surface area contributed by atoms with Crippen molar-refractivity contribution in [3.63, 3.8) is 0 Å². The van der Waals surface area contributed by atoms with Crippen LogP contribution in [0.15, 0.2) is 42.9 Å². The Morgan fingerprint density at radius 3 is 2.83 bits per heavy atom. The lowest BCUT2D eigenvalue weighted by atomic mass is 10.1. The third-order valence-electron chi connectivity index (χ3n) is 3.58. The van der Waals surface area contributed by atoms with Gasteiger partial charge in [0.25, 0.3) is 0 Å². The number of rotatable bonds is 5. The molecule has 1 saturated carbocycles. The molecule has 3 nitrogen and oxygen atoms in total. The van der Waals surface area contributed by atoms with Crippen molar-refractivity contribution in [3.8, 4) is 0 Å². The standard InChI is InChI=1S/C15H19N3/c1-12(13-5-3-2-4-6-13)17-10-15-9-16-11-18(15)14-7-8-14/h2-6,9,11-12,14,17H,7-8,10H2,1H3. The van der Waals surface area contributed by atoms with Crippen molar-refractivity contribution in [1.29, 1.82) is 0 Å². The molecule has 1 unspecified atom stereocenters. The van der Waals surface area contributed by atoms with Crippen molar-refractivity contribution in [3.05, 3.63) is 54.1 Å². The van der Waals surface area contributed by atoms with Crippen LogP contribution >= 0.6 is 0 Å². The Kier molecular flexibility index (Phi) is 3.15. The van der Waals surface area contributed by atoms with E-state index >= 15 is 0 Å². The maximum atomic E-state index is 4.26. The maximum Gasteiger partial charge on any atom is 0.0951 e. The summed E-state index contributed by atoms with van der Waals surface area (Å²) in [5.41, 5.74) is 2.62. The monoisotopic (exact) mass is 241 g/mol. The molecule has 0 spiro atoms. The largest absolute Gasteiger partial charge is 0.330 e. The van der Waals surface area contributed by atoms with Gasteiger partial charge in [-0.15, -0.1) is 0 Å². The minimum absolute atomic E-state index is 0.369. The van der Waals surface area contributed by atoms with Crippen molar-refractivity contribution in [2.24, 2.45) is 0 Å². The highest BCUT2D eigenvalue weighted by molar-refractivity contribution is 5.18. The zero-order chi connectivity index (χ0) is 12.4. The van der Waals surface area contributed by atoms with Crippen LogP contribution in [0.25, 0.3) is 0 Å². The summed E-state index contributed by atoms with van der Waals surface area (Å²) in [7, 11) is 0. The van der Waals surface area contributed by atoms with Crippen LogP contribution in [0.3, 0.4) is 0 Å². The van der Waals surface area contributed by atoms with Crippen LogP contribution in [0.5, 0.6) is 0 Å². The molecule has 0 radical (unpaired) electrons. The minimum atomic E-state index is 0.369. The molecule has 1 aliphatic rings. The summed E-state index contributed by atoms with van der Waals surface area (Å²) in [5.74, 6) is 0. The predicted molar refractivity (Wildman–Crippen MR) is 72.2 cm³/mol. The quantitative estimate of drug-likeness (QED) is 0.872. The lowest BCUT2D eigenvalue weighted by molar-refractivity contribution is 0.547. The molecule has 1 aromatic carbocycles. The van der Waals surface area contributed by atoms with Crippen LogP contribution in [0.2, 0.25) is 0 Å². The Bertz CT molecular complexity index is 499. The van der Waals surface area contributed by atoms with Gasteiger partial charge in [0.2, 0.25) is 0 Å². The predicted octanol–water partition coefficient (Wildman–Crippen LogP) is 3.07. The highest BCUT2D eigenvalue weighted by atomic mass is 15.1. The number of imidazole rings is 1. The van der Waals surface area contributed by atoms with Crippen LogP contribution in [0, 0.1) is 0 Å². The molecule has 1 heterocycles. The molecule has 0 bridgehead atoms. The number of nitrogens with zero attached hydrogens (tertiary/aromatic N) is 2. The zero-order valence-corrected chi connectivity index (χ0v) is 10.7. The molecule has 0 amide bonds. The van der Waals surface area contributed by atoms with Crippen LogP contribution in [-0.4, -0.2) is 9.55 Å². The summed E-state index contributed by atoms with van der Waals surface area (Å²) in [6.45, 7) is 3.08. The summed E-state index contributed by atoms with van der Waals surface area (Å²) in [4.78, 5) is 4.26. The molecule has 1 atom stereocenters. The summed E-state index contributed by atoms with van der Waals surface area (Å²) in [6, 6.07) is 11.6. The molecule has 3 rings (SSSR count). The highest BCUT2D eigenvalue weighted by Crippen LogP contribution is 2.35. The number of aromatic nitrogens is 2. The molecule has 18 heavy (non-hydrogen) atoms. The third kappa shape index (κ3) is 2.46. The van der Waals surface area contributed by atoms with Gasteiger partial charge in [0.05, 0.1) is 12.0 Å². The summed E-state index contributed by atoms with van der Waals surface area (Å²) in [6.07, 6.45) is 6.54. The first-order valence-electron chi connectivity index (χ1n) is 6.63. The zero-order valence-electron chi connectivity index (χ0n) is 10.7. The van der Waals surface area contributed by atoms with Gasteiger partial charge >= 0.3 is 0 Å². The molecular weight excluding hydrogens is 222 g/mol. The second kappa shape index (κ2) is 4.94. The maximum absolute atomic E-state index is 4.26. The molecule has 2 aromatic rings. The van der Waals surface area contributed by atoms with E-state index in [1.165, 1.54) is 24.1 Å². The molecule has 1 fully saturated rings. The molecular formula is C15H19N3. The first-order chi connectivity index (χ1) is 8.84. The molecule has 3 heteroatoms. The Morgan fingerprint density at radius 1 is 1.33 bits per heavy atom. The number of benzene rings is 1. The molecule has 1 N–H and O–H groups in total. The average molecular weight is 241 g/mol. The fraction of sp³-hybridized carbons (Fsp3) is 0.400. The molecule has 0 saturated heterocycles. The van der Waals surface area contributed by atoms with E-state index in [1.807, 2.05) is 12.5 Å². The van der Waals surface area contributed by atoms with E-state index in [9.17, 15) is 0 Å². The van der Waals surface area contributed by atoms with E-state index in [-0.39, 0.29) is 0 Å². The Labute approximate surface area is 108 Å². The van der Waals surface area contributed by atoms with Crippen LogP contribution < -0.4 is 5.32 Å². The molecule has 1 aliphatic carbocycles. The topological polar surface area (TPSA) is 29.9 Å². The van der Waals surface area contributed by atoms with Crippen molar-refractivity contribution in [2.75, 3.05) is 0 Å². The van der Waals surface area contributed by atoms with E-state index in [2.05, 4.69) is 52.1 Å². The Hall–Kier alpha value is -1.61. The lowest BCUT2D eigenvalue weighted by Gasteiger charge is -2.15. The van der Waals surface area contributed by atoms with E-state index in [0.717, 1.165) is 6.54 Å². The first-order valence-corrected chi connectivity index (χ1v) is 6.63. The van der Waals surface area contributed by atoms with E-state index in [0.29, 0.717) is 12.1 Å². The number of nitrogens with one attached hydrogen (secondary N) is 1. The molecule has 94 valence electrons. The summed E-state index contributed by atoms with van der Waals surface area (Å²) in [5, 5.41) is 3.56. The van der Waals surface area contributed by atoms with Crippen LogP contribution in [-0.2, 0) is 6.54 Å². The SMILES string of the molecule is CC(NCc1cncn1C1CC1)c1ccccc1. The molecule has 1 aromatic heterocycles. The van der Waals surface area contributed by atoms with E-state index < -0.39 is 0 Å². The average Bonchev–Trinajstić information content (AvgIpc) is 3.16. The van der Waals surface area contributed by atoms with Gasteiger partial charge in [-0.25, -0.2) is 4.98 Å². The Morgan fingerprint density at radius 2 is 2.11 bits per heavy atom. The lowest BCUT2D eigenvalue weighted by Crippen LogP contribution is -2.19. The van der Waals surface area contributed by atoms with Gasteiger partial charge < -0.3 is 9.88 Å². The summed E-state index contributed by atoms with van der Waals surface area (Å²) < 4.78 is 2.31. The first kappa shape index (κ1) is 11.5. The highest BCUT2D eigenvalue weighted by Gasteiger charge is 2.25. The number of hydrogen-bond acceptors (Lipinski definition) is 2. The van der Waals surface area contributed by atoms with E-state index in [1.54, 1.807) is 0 Å². The second-order valence-corrected chi connectivity index (χ2v) is 5.04. The summed E-state index contributed by atoms with van der Waals surface area (Å²) >= 11 is 0. The minimum Gasteiger partial charge on any atom is -0.330 e. The van der Waals surface area contributed by atoms with E-state index in [4.69, 9.17) is 0 Å². The van der Waals surface area contributed by atoms with Crippen molar-refractivity contribution < 1.29 is 0 Å². The second-order valence-electron chi connectivity index (χ2n) is 5.04.